The first-order valence-electron chi connectivity index (χ1n) is 6.77. The number of likely N-dealkylation sites (tertiary alicyclic amines) is 1. The third-order valence-electron chi connectivity index (χ3n) is 3.39. The lowest BCUT2D eigenvalue weighted by molar-refractivity contribution is 0.0348. The third kappa shape index (κ3) is 3.44. The summed E-state index contributed by atoms with van der Waals surface area (Å²) in [5, 5.41) is 3.12. The van der Waals surface area contributed by atoms with Crippen molar-refractivity contribution in [3.8, 4) is 0 Å². The monoisotopic (exact) mass is 263 g/mol. The van der Waals surface area contributed by atoms with Crippen molar-refractivity contribution in [1.82, 2.24) is 9.88 Å². The summed E-state index contributed by atoms with van der Waals surface area (Å²) in [6.07, 6.45) is 2.08. The second-order valence-corrected chi connectivity index (χ2v) is 4.67. The summed E-state index contributed by atoms with van der Waals surface area (Å²) < 4.78 is 5.31. The first kappa shape index (κ1) is 13.8. The number of anilines is 1. The molecule has 0 bridgehead atoms. The summed E-state index contributed by atoms with van der Waals surface area (Å²) in [6, 6.07) is 5.50. The summed E-state index contributed by atoms with van der Waals surface area (Å²) in [5.74, 6) is 0.759. The Morgan fingerprint density at radius 1 is 1.47 bits per heavy atom. The highest BCUT2D eigenvalue weighted by Gasteiger charge is 2.24. The van der Waals surface area contributed by atoms with E-state index in [1.165, 1.54) is 0 Å². The highest BCUT2D eigenvalue weighted by atomic mass is 16.5. The molecule has 0 spiro atoms. The number of rotatable bonds is 4. The lowest BCUT2D eigenvalue weighted by Gasteiger charge is -2.31. The lowest BCUT2D eigenvalue weighted by atomic mass is 10.1. The molecular formula is C14H21N3O2. The van der Waals surface area contributed by atoms with E-state index in [4.69, 9.17) is 4.74 Å². The van der Waals surface area contributed by atoms with Gasteiger partial charge in [0.25, 0.3) is 5.91 Å². The molecule has 1 aromatic rings. The molecule has 0 aliphatic carbocycles. The molecular weight excluding hydrogens is 242 g/mol. The Morgan fingerprint density at radius 3 is 2.84 bits per heavy atom. The van der Waals surface area contributed by atoms with Crippen molar-refractivity contribution >= 4 is 11.7 Å². The molecule has 0 atom stereocenters. The smallest absolute Gasteiger partial charge is 0.272 e. The van der Waals surface area contributed by atoms with Crippen LogP contribution in [0.4, 0.5) is 5.82 Å². The van der Waals surface area contributed by atoms with Gasteiger partial charge in [0.15, 0.2) is 0 Å². The van der Waals surface area contributed by atoms with E-state index in [0.29, 0.717) is 5.69 Å². The maximum absolute atomic E-state index is 12.3. The molecule has 0 unspecified atom stereocenters. The van der Waals surface area contributed by atoms with Gasteiger partial charge in [-0.3, -0.25) is 4.79 Å². The molecule has 0 aromatic carbocycles. The Hall–Kier alpha value is -1.62. The summed E-state index contributed by atoms with van der Waals surface area (Å²) >= 11 is 0. The molecule has 2 rings (SSSR count). The van der Waals surface area contributed by atoms with Crippen molar-refractivity contribution in [2.75, 3.05) is 32.1 Å². The molecule has 1 saturated heterocycles. The number of carbonyl (C=O) groups excluding carboxylic acids is 1. The number of pyridine rings is 1. The van der Waals surface area contributed by atoms with Crippen molar-refractivity contribution < 1.29 is 9.53 Å². The SMILES string of the molecule is CCNc1cccc(C(=O)N2CCC(OC)CC2)n1. The number of hydrogen-bond donors (Lipinski definition) is 1. The van der Waals surface area contributed by atoms with E-state index in [0.717, 1.165) is 38.3 Å². The zero-order valence-corrected chi connectivity index (χ0v) is 11.6. The van der Waals surface area contributed by atoms with Crippen LogP contribution in [0.15, 0.2) is 18.2 Å². The number of amides is 1. The third-order valence-corrected chi connectivity index (χ3v) is 3.39. The number of hydrogen-bond acceptors (Lipinski definition) is 4. The van der Waals surface area contributed by atoms with Gasteiger partial charge in [0, 0.05) is 26.7 Å². The van der Waals surface area contributed by atoms with Crippen molar-refractivity contribution in [2.24, 2.45) is 0 Å². The minimum absolute atomic E-state index is 0.00862. The van der Waals surface area contributed by atoms with Crippen LogP contribution in [-0.2, 0) is 4.74 Å². The highest BCUT2D eigenvalue weighted by molar-refractivity contribution is 5.92. The number of nitrogens with one attached hydrogen (secondary N) is 1. The second kappa shape index (κ2) is 6.52. The summed E-state index contributed by atoms with van der Waals surface area (Å²) in [6.45, 7) is 4.28. The van der Waals surface area contributed by atoms with Crippen molar-refractivity contribution in [3.63, 3.8) is 0 Å². The molecule has 1 aromatic heterocycles. The second-order valence-electron chi connectivity index (χ2n) is 4.67. The standard InChI is InChI=1S/C14H21N3O2/c1-3-15-13-6-4-5-12(16-13)14(18)17-9-7-11(19-2)8-10-17/h4-6,11H,3,7-10H2,1-2H3,(H,15,16). The van der Waals surface area contributed by atoms with Crippen molar-refractivity contribution in [1.29, 1.82) is 0 Å². The van der Waals surface area contributed by atoms with Gasteiger partial charge in [-0.05, 0) is 31.9 Å². The van der Waals surface area contributed by atoms with Crippen LogP contribution >= 0.6 is 0 Å². The Bertz CT molecular complexity index is 428. The molecule has 0 saturated carbocycles. The van der Waals surface area contributed by atoms with Crippen LogP contribution in [-0.4, -0.2) is 48.6 Å². The van der Waals surface area contributed by atoms with E-state index in [1.54, 1.807) is 13.2 Å². The minimum atomic E-state index is 0.00862. The summed E-state index contributed by atoms with van der Waals surface area (Å²) in [4.78, 5) is 18.5. The molecule has 5 nitrogen and oxygen atoms in total. The van der Waals surface area contributed by atoms with E-state index >= 15 is 0 Å². The molecule has 104 valence electrons. The van der Waals surface area contributed by atoms with Gasteiger partial charge in [0.1, 0.15) is 11.5 Å². The van der Waals surface area contributed by atoms with Crippen molar-refractivity contribution in [3.05, 3.63) is 23.9 Å². The van der Waals surface area contributed by atoms with Crippen LogP contribution in [0.2, 0.25) is 0 Å². The van der Waals surface area contributed by atoms with Crippen LogP contribution in [0.3, 0.4) is 0 Å². The van der Waals surface area contributed by atoms with Crippen LogP contribution < -0.4 is 5.32 Å². The van der Waals surface area contributed by atoms with Crippen LogP contribution in [0.25, 0.3) is 0 Å². The normalized spacial score (nSPS) is 16.4. The minimum Gasteiger partial charge on any atom is -0.381 e. The Morgan fingerprint density at radius 2 is 2.21 bits per heavy atom. The van der Waals surface area contributed by atoms with Gasteiger partial charge in [0.05, 0.1) is 6.10 Å². The average molecular weight is 263 g/mol. The Kier molecular flexibility index (Phi) is 4.74. The van der Waals surface area contributed by atoms with E-state index in [2.05, 4.69) is 10.3 Å². The maximum Gasteiger partial charge on any atom is 0.272 e. The fourth-order valence-electron chi connectivity index (χ4n) is 2.29. The Labute approximate surface area is 114 Å². The van der Waals surface area contributed by atoms with Gasteiger partial charge in [-0.1, -0.05) is 6.07 Å². The maximum atomic E-state index is 12.3. The predicted octanol–water partition coefficient (Wildman–Crippen LogP) is 1.76. The molecule has 0 radical (unpaired) electrons. The molecule has 19 heavy (non-hydrogen) atoms. The quantitative estimate of drug-likeness (QED) is 0.899. The zero-order chi connectivity index (χ0) is 13.7. The predicted molar refractivity (Wildman–Crippen MR) is 74.3 cm³/mol. The Balaban J connectivity index is 2.01. The largest absolute Gasteiger partial charge is 0.381 e. The highest BCUT2D eigenvalue weighted by Crippen LogP contribution is 2.15. The fraction of sp³-hybridized carbons (Fsp3) is 0.571. The number of aromatic nitrogens is 1. The lowest BCUT2D eigenvalue weighted by Crippen LogP contribution is -2.40. The van der Waals surface area contributed by atoms with Crippen LogP contribution in [0.5, 0.6) is 0 Å². The number of ether oxygens (including phenoxy) is 1. The van der Waals surface area contributed by atoms with Gasteiger partial charge in [0.2, 0.25) is 0 Å². The van der Waals surface area contributed by atoms with E-state index in [9.17, 15) is 4.79 Å². The topological polar surface area (TPSA) is 54.5 Å². The number of carbonyl (C=O) groups is 1. The molecule has 2 heterocycles. The number of methoxy groups -OCH3 is 1. The first-order chi connectivity index (χ1) is 9.24. The van der Waals surface area contributed by atoms with Gasteiger partial charge in [-0.25, -0.2) is 4.98 Å². The molecule has 1 N–H and O–H groups in total. The summed E-state index contributed by atoms with van der Waals surface area (Å²) in [7, 11) is 1.73. The molecule has 5 heteroatoms. The van der Waals surface area contributed by atoms with E-state index in [1.807, 2.05) is 24.0 Å². The molecule has 1 aliphatic rings. The summed E-state index contributed by atoms with van der Waals surface area (Å²) in [5.41, 5.74) is 0.509. The fourth-order valence-corrected chi connectivity index (χ4v) is 2.29. The van der Waals surface area contributed by atoms with E-state index < -0.39 is 0 Å². The van der Waals surface area contributed by atoms with Gasteiger partial charge in [-0.2, -0.15) is 0 Å². The molecule has 1 amide bonds. The van der Waals surface area contributed by atoms with Crippen LogP contribution in [0.1, 0.15) is 30.3 Å². The zero-order valence-electron chi connectivity index (χ0n) is 11.6. The first-order valence-corrected chi connectivity index (χ1v) is 6.77. The van der Waals surface area contributed by atoms with Gasteiger partial charge < -0.3 is 15.0 Å². The average Bonchev–Trinajstić information content (AvgIpc) is 2.47. The van der Waals surface area contributed by atoms with Gasteiger partial charge in [-0.15, -0.1) is 0 Å². The van der Waals surface area contributed by atoms with Gasteiger partial charge >= 0.3 is 0 Å². The molecule has 1 fully saturated rings. The van der Waals surface area contributed by atoms with E-state index in [-0.39, 0.29) is 12.0 Å². The van der Waals surface area contributed by atoms with Crippen molar-refractivity contribution in [2.45, 2.75) is 25.9 Å². The molecule has 1 aliphatic heterocycles. The number of nitrogens with zero attached hydrogens (tertiary/aromatic N) is 2. The number of piperidine rings is 1. The van der Waals surface area contributed by atoms with Crippen LogP contribution in [0, 0.1) is 0 Å².